The number of benzene rings is 16. The van der Waals surface area contributed by atoms with Crippen molar-refractivity contribution >= 4 is 43.9 Å². The average Bonchev–Trinajstić information content (AvgIpc) is 1.52. The predicted molar refractivity (Wildman–Crippen MR) is 452 cm³/mol. The minimum Gasteiger partial charge on any atom is -0.456 e. The molecule has 20 aromatic rings. The van der Waals surface area contributed by atoms with Crippen molar-refractivity contribution in [1.29, 1.82) is 0 Å². The molecule has 0 saturated heterocycles. The Labute approximate surface area is 647 Å². The van der Waals surface area contributed by atoms with Crippen LogP contribution in [0.3, 0.4) is 0 Å². The number of furan rings is 2. The minimum absolute atomic E-state index is 0.507. The van der Waals surface area contributed by atoms with Gasteiger partial charge in [0.05, 0.1) is 10.8 Å². The Morgan fingerprint density at radius 3 is 0.857 bits per heavy atom. The number of aromatic nitrogens is 6. The fourth-order valence-corrected chi connectivity index (χ4v) is 17.6. The summed E-state index contributed by atoms with van der Waals surface area (Å²) >= 11 is 0. The number of hydrogen-bond donors (Lipinski definition) is 0. The van der Waals surface area contributed by atoms with Gasteiger partial charge in [0.25, 0.3) is 0 Å². The highest BCUT2D eigenvalue weighted by atomic mass is 16.3. The summed E-state index contributed by atoms with van der Waals surface area (Å²) in [5.74, 6) is 3.76. The first-order chi connectivity index (χ1) is 55.5. The first-order valence-electron chi connectivity index (χ1n) is 37.9. The third kappa shape index (κ3) is 10.7. The van der Waals surface area contributed by atoms with Gasteiger partial charge in [-0.15, -0.1) is 0 Å². The molecular weight excluding hydrogens is 1370 g/mol. The molecule has 16 aromatic carbocycles. The van der Waals surface area contributed by atoms with E-state index in [1.807, 2.05) is 121 Å². The quantitative estimate of drug-likeness (QED) is 0.119. The van der Waals surface area contributed by atoms with Crippen molar-refractivity contribution in [3.63, 3.8) is 0 Å². The van der Waals surface area contributed by atoms with Crippen LogP contribution in [0.15, 0.2) is 409 Å². The third-order valence-corrected chi connectivity index (χ3v) is 22.5. The lowest BCUT2D eigenvalue weighted by Gasteiger charge is -2.33. The second kappa shape index (κ2) is 27.1. The van der Waals surface area contributed by atoms with Crippen LogP contribution in [0.2, 0.25) is 0 Å². The van der Waals surface area contributed by atoms with Gasteiger partial charge in [0, 0.05) is 54.9 Å². The van der Waals surface area contributed by atoms with Crippen LogP contribution in [0.1, 0.15) is 44.5 Å². The maximum Gasteiger partial charge on any atom is 0.164 e. The van der Waals surface area contributed by atoms with Gasteiger partial charge in [0.15, 0.2) is 34.9 Å². The molecule has 0 saturated carbocycles. The normalized spacial score (nSPS) is 12.8. The molecule has 0 bridgehead atoms. The van der Waals surface area contributed by atoms with Crippen LogP contribution < -0.4 is 0 Å². The van der Waals surface area contributed by atoms with Gasteiger partial charge in [-0.2, -0.15) is 0 Å². The van der Waals surface area contributed by atoms with Gasteiger partial charge in [-0.25, -0.2) is 29.9 Å². The van der Waals surface area contributed by atoms with Gasteiger partial charge in [0.1, 0.15) is 22.3 Å². The average molecular weight is 1430 g/mol. The molecule has 4 aromatic heterocycles. The second-order valence-corrected chi connectivity index (χ2v) is 28.6. The van der Waals surface area contributed by atoms with E-state index in [1.165, 1.54) is 66.8 Å². The Hall–Kier alpha value is -14.9. The van der Waals surface area contributed by atoms with Crippen LogP contribution in [-0.4, -0.2) is 29.9 Å². The molecule has 0 N–H and O–H groups in total. The molecule has 0 fully saturated rings. The Balaban J connectivity index is 0.000000141. The summed E-state index contributed by atoms with van der Waals surface area (Å²) in [5, 5.41) is 4.27. The molecule has 2 aliphatic rings. The summed E-state index contributed by atoms with van der Waals surface area (Å²) in [5.41, 5.74) is 27.2. The van der Waals surface area contributed by atoms with Crippen molar-refractivity contribution in [2.45, 2.75) is 10.8 Å². The lowest BCUT2D eigenvalue weighted by atomic mass is 9.67. The largest absolute Gasteiger partial charge is 0.456 e. The van der Waals surface area contributed by atoms with E-state index in [1.54, 1.807) is 0 Å². The van der Waals surface area contributed by atoms with E-state index >= 15 is 0 Å². The summed E-state index contributed by atoms with van der Waals surface area (Å²) < 4.78 is 13.3. The van der Waals surface area contributed by atoms with E-state index in [9.17, 15) is 0 Å². The molecule has 8 nitrogen and oxygen atoms in total. The number of hydrogen-bond acceptors (Lipinski definition) is 8. The van der Waals surface area contributed by atoms with Gasteiger partial charge in [-0.3, -0.25) is 0 Å². The third-order valence-electron chi connectivity index (χ3n) is 22.5. The summed E-state index contributed by atoms with van der Waals surface area (Å²) in [7, 11) is 0. The van der Waals surface area contributed by atoms with Crippen molar-refractivity contribution in [3.05, 3.63) is 445 Å². The smallest absolute Gasteiger partial charge is 0.164 e. The first kappa shape index (κ1) is 65.4. The maximum atomic E-state index is 6.67. The molecule has 8 heteroatoms. The zero-order valence-electron chi connectivity index (χ0n) is 60.6. The monoisotopic (exact) mass is 1430 g/mol. The molecule has 112 heavy (non-hydrogen) atoms. The van der Waals surface area contributed by atoms with E-state index < -0.39 is 10.8 Å². The standard InChI is InChI=1S/2C52H33N3O/c1-4-16-34(17-5-1)49-53-50(35-18-6-2-7-19-35)55-51(54-49)37-21-14-20-36(32-37)40-26-15-29-47-48(40)43-33-39(30-31-46(43)56-47)52(38-22-8-3-9-23-38)44-27-12-10-24-41(44)42-25-11-13-28-45(42)52;1-4-17-34(18-5-1)49-53-50(35-19-6-2-7-20-35)55-51(54-49)42-26-11-10-23-38(42)41-27-16-30-47-48(41)43-33-37(31-32-46(43)56-47)52(36-21-8-3-9-22-36)44-28-14-12-24-39(44)40-25-13-15-29-45(40)52/h2*1-33H. The molecule has 0 aliphatic heterocycles. The van der Waals surface area contributed by atoms with Crippen LogP contribution in [0.4, 0.5) is 0 Å². The molecule has 4 heterocycles. The van der Waals surface area contributed by atoms with Crippen LogP contribution in [0.5, 0.6) is 0 Å². The van der Waals surface area contributed by atoms with Crippen molar-refractivity contribution in [2.75, 3.05) is 0 Å². The minimum atomic E-state index is -0.522. The highest BCUT2D eigenvalue weighted by molar-refractivity contribution is 6.15. The number of fused-ring (bicyclic) bond motifs is 12. The van der Waals surface area contributed by atoms with E-state index in [0.29, 0.717) is 34.9 Å². The Kier molecular flexibility index (Phi) is 15.8. The molecular formula is C104H66N6O2. The van der Waals surface area contributed by atoms with E-state index in [4.69, 9.17) is 38.7 Å². The highest BCUT2D eigenvalue weighted by Crippen LogP contribution is 2.59. The summed E-state index contributed by atoms with van der Waals surface area (Å²) in [4.78, 5) is 30.2. The lowest BCUT2D eigenvalue weighted by Crippen LogP contribution is -2.28. The van der Waals surface area contributed by atoms with Gasteiger partial charge >= 0.3 is 0 Å². The zero-order valence-corrected chi connectivity index (χ0v) is 60.6. The fourth-order valence-electron chi connectivity index (χ4n) is 17.6. The molecule has 524 valence electrons. The summed E-state index contributed by atoms with van der Waals surface area (Å²) in [6.45, 7) is 0. The molecule has 0 spiro atoms. The van der Waals surface area contributed by atoms with Gasteiger partial charge in [-0.1, -0.05) is 358 Å². The highest BCUT2D eigenvalue weighted by Gasteiger charge is 2.48. The fraction of sp³-hybridized carbons (Fsp3) is 0.0192. The maximum absolute atomic E-state index is 6.67. The number of rotatable bonds is 12. The summed E-state index contributed by atoms with van der Waals surface area (Å²) in [6, 6.07) is 141. The molecule has 2 aliphatic carbocycles. The van der Waals surface area contributed by atoms with Gasteiger partial charge in [-0.05, 0) is 131 Å². The first-order valence-corrected chi connectivity index (χ1v) is 37.9. The van der Waals surface area contributed by atoms with Crippen LogP contribution >= 0.6 is 0 Å². The van der Waals surface area contributed by atoms with Crippen molar-refractivity contribution in [1.82, 2.24) is 29.9 Å². The molecule has 0 unspecified atom stereocenters. The number of nitrogens with zero attached hydrogens (tertiary/aromatic N) is 6. The Bertz CT molecular complexity index is 6800. The van der Waals surface area contributed by atoms with Crippen molar-refractivity contribution in [3.8, 4) is 113 Å². The SMILES string of the molecule is c1ccc(-c2nc(-c3ccccc3)nc(-c3cccc(-c4cccc5oc6ccc(C7(c8ccccc8)c8ccccc8-c8ccccc87)cc6c45)c3)n2)cc1.c1ccc(-c2nc(-c3ccccc3)nc(-c3ccccc3-c3cccc4oc5ccc(C6(c7ccccc7)c7ccccc7-c7ccccc76)cc5c34)n2)cc1. The molecule has 0 amide bonds. The van der Waals surface area contributed by atoms with Gasteiger partial charge < -0.3 is 8.83 Å². The second-order valence-electron chi connectivity index (χ2n) is 28.6. The molecule has 0 atom stereocenters. The topological polar surface area (TPSA) is 104 Å². The van der Waals surface area contributed by atoms with Crippen molar-refractivity contribution in [2.24, 2.45) is 0 Å². The molecule has 22 rings (SSSR count). The van der Waals surface area contributed by atoms with Crippen LogP contribution in [-0.2, 0) is 10.8 Å². The van der Waals surface area contributed by atoms with Gasteiger partial charge in [0.2, 0.25) is 0 Å². The Morgan fingerprint density at radius 2 is 0.455 bits per heavy atom. The van der Waals surface area contributed by atoms with Crippen LogP contribution in [0, 0.1) is 0 Å². The summed E-state index contributed by atoms with van der Waals surface area (Å²) in [6.07, 6.45) is 0. The Morgan fingerprint density at radius 1 is 0.170 bits per heavy atom. The molecule has 0 radical (unpaired) electrons. The van der Waals surface area contributed by atoms with E-state index in [-0.39, 0.29) is 0 Å². The van der Waals surface area contributed by atoms with E-state index in [2.05, 4.69) is 279 Å². The predicted octanol–water partition coefficient (Wildman–Crippen LogP) is 25.6. The lowest BCUT2D eigenvalue weighted by molar-refractivity contribution is 0.668. The van der Waals surface area contributed by atoms with E-state index in [0.717, 1.165) is 99.5 Å². The van der Waals surface area contributed by atoms with Crippen LogP contribution in [0.25, 0.3) is 157 Å². The zero-order chi connectivity index (χ0) is 74.1. The van der Waals surface area contributed by atoms with Crippen molar-refractivity contribution < 1.29 is 8.83 Å².